The van der Waals surface area contributed by atoms with Crippen LogP contribution < -0.4 is 5.32 Å². The number of hydrogen-bond acceptors (Lipinski definition) is 2. The lowest BCUT2D eigenvalue weighted by Crippen LogP contribution is -2.42. The number of carboxylic acid groups (broad SMARTS) is 1. The van der Waals surface area contributed by atoms with Crippen LogP contribution in [0.3, 0.4) is 0 Å². The molecule has 1 atom stereocenters. The SMILES string of the molecule is CCCCCCCCCC[Si](C)(C)CCCCC(=O)N[C@@H](Cc1c[nH]c2ccccc12)C(=O)O. The number of aliphatic carboxylic acids is 1. The van der Waals surface area contributed by atoms with E-state index in [1.807, 2.05) is 30.5 Å². The number of carbonyl (C=O) groups excluding carboxylic acids is 1. The number of benzene rings is 1. The van der Waals surface area contributed by atoms with Crippen LogP contribution in [0.4, 0.5) is 0 Å². The summed E-state index contributed by atoms with van der Waals surface area (Å²) in [5.41, 5.74) is 1.89. The fourth-order valence-corrected chi connectivity index (χ4v) is 7.40. The molecule has 0 saturated heterocycles. The van der Waals surface area contributed by atoms with Crippen molar-refractivity contribution in [3.8, 4) is 0 Å². The molecule has 1 aromatic heterocycles. The Balaban J connectivity index is 1.64. The van der Waals surface area contributed by atoms with Crippen molar-refractivity contribution in [1.82, 2.24) is 10.3 Å². The smallest absolute Gasteiger partial charge is 0.326 e. The van der Waals surface area contributed by atoms with Crippen LogP contribution in [0.2, 0.25) is 25.2 Å². The van der Waals surface area contributed by atoms with Gasteiger partial charge in [0.05, 0.1) is 0 Å². The van der Waals surface area contributed by atoms with E-state index in [1.54, 1.807) is 0 Å². The molecular weight excluding hydrogens is 440 g/mol. The molecule has 0 bridgehead atoms. The largest absolute Gasteiger partial charge is 0.480 e. The van der Waals surface area contributed by atoms with E-state index >= 15 is 0 Å². The molecule has 0 spiro atoms. The van der Waals surface area contributed by atoms with E-state index in [2.05, 4.69) is 30.3 Å². The van der Waals surface area contributed by atoms with Gasteiger partial charge in [-0.15, -0.1) is 0 Å². The van der Waals surface area contributed by atoms with Crippen LogP contribution in [0, 0.1) is 0 Å². The van der Waals surface area contributed by atoms with Gasteiger partial charge in [0.25, 0.3) is 0 Å². The summed E-state index contributed by atoms with van der Waals surface area (Å²) in [7, 11) is -1.21. The number of nitrogens with one attached hydrogen (secondary N) is 2. The van der Waals surface area contributed by atoms with E-state index in [-0.39, 0.29) is 12.3 Å². The van der Waals surface area contributed by atoms with Crippen LogP contribution in [0.1, 0.15) is 83.1 Å². The number of aromatic amines is 1. The van der Waals surface area contributed by atoms with Gasteiger partial charge in [0.15, 0.2) is 0 Å². The van der Waals surface area contributed by atoms with E-state index in [1.165, 1.54) is 63.5 Å². The van der Waals surface area contributed by atoms with Crippen molar-refractivity contribution in [2.45, 2.75) is 115 Å². The lowest BCUT2D eigenvalue weighted by atomic mass is 10.0. The van der Waals surface area contributed by atoms with E-state index < -0.39 is 20.1 Å². The second-order valence-electron chi connectivity index (χ2n) is 10.6. The summed E-state index contributed by atoms with van der Waals surface area (Å²) in [5, 5.41) is 13.4. The monoisotopic (exact) mass is 486 g/mol. The first-order chi connectivity index (χ1) is 16.3. The van der Waals surface area contributed by atoms with Crippen molar-refractivity contribution in [1.29, 1.82) is 0 Å². The van der Waals surface area contributed by atoms with Gasteiger partial charge < -0.3 is 15.4 Å². The zero-order valence-electron chi connectivity index (χ0n) is 21.6. The fraction of sp³-hybridized carbons (Fsp3) is 0.643. The molecule has 3 N–H and O–H groups in total. The standard InChI is InChI=1S/C28H46N2O3Si/c1-4-5-6-7-8-9-10-14-19-34(2,3)20-15-13-18-27(31)30-26(28(32)33)21-23-22-29-25-17-12-11-16-24(23)25/h11-12,16-17,22,26,29H,4-10,13-15,18-21H2,1-3H3,(H,30,31)(H,32,33)/t26-/m0/s1. The minimum atomic E-state index is -1.21. The van der Waals surface area contributed by atoms with Gasteiger partial charge in [-0.1, -0.05) is 108 Å². The Kier molecular flexibility index (Phi) is 12.4. The van der Waals surface area contributed by atoms with Crippen molar-refractivity contribution in [3.63, 3.8) is 0 Å². The van der Waals surface area contributed by atoms with Crippen molar-refractivity contribution in [2.24, 2.45) is 0 Å². The number of fused-ring (bicyclic) bond motifs is 1. The first-order valence-corrected chi connectivity index (χ1v) is 16.8. The van der Waals surface area contributed by atoms with Gasteiger partial charge in [0.2, 0.25) is 5.91 Å². The van der Waals surface area contributed by atoms with Gasteiger partial charge in [-0.3, -0.25) is 4.79 Å². The molecule has 2 aromatic rings. The summed E-state index contributed by atoms with van der Waals surface area (Å²) < 4.78 is 0. The van der Waals surface area contributed by atoms with Crippen LogP contribution in [0.5, 0.6) is 0 Å². The van der Waals surface area contributed by atoms with Crippen molar-refractivity contribution < 1.29 is 14.7 Å². The minimum Gasteiger partial charge on any atom is -0.480 e. The molecule has 1 amide bonds. The third-order valence-electron chi connectivity index (χ3n) is 6.95. The molecule has 0 aliphatic heterocycles. The molecule has 34 heavy (non-hydrogen) atoms. The average molecular weight is 487 g/mol. The van der Waals surface area contributed by atoms with Gasteiger partial charge in [0.1, 0.15) is 6.04 Å². The third-order valence-corrected chi connectivity index (χ3v) is 10.4. The van der Waals surface area contributed by atoms with Crippen molar-refractivity contribution in [2.75, 3.05) is 0 Å². The van der Waals surface area contributed by atoms with Gasteiger partial charge in [-0.25, -0.2) is 4.79 Å². The molecular formula is C28H46N2O3Si. The van der Waals surface area contributed by atoms with Gasteiger partial charge in [-0.2, -0.15) is 0 Å². The second kappa shape index (κ2) is 15.0. The highest BCUT2D eigenvalue weighted by Crippen LogP contribution is 2.23. The van der Waals surface area contributed by atoms with E-state index in [0.717, 1.165) is 29.3 Å². The maximum Gasteiger partial charge on any atom is 0.326 e. The Labute approximate surface area is 207 Å². The maximum absolute atomic E-state index is 12.4. The Morgan fingerprint density at radius 1 is 0.941 bits per heavy atom. The molecule has 1 heterocycles. The Hall–Kier alpha value is -2.08. The molecule has 2 rings (SSSR count). The van der Waals surface area contributed by atoms with Gasteiger partial charge in [0, 0.05) is 38.0 Å². The zero-order valence-corrected chi connectivity index (χ0v) is 22.6. The lowest BCUT2D eigenvalue weighted by Gasteiger charge is -2.22. The number of aromatic nitrogens is 1. The number of carboxylic acids is 1. The highest BCUT2D eigenvalue weighted by molar-refractivity contribution is 6.77. The lowest BCUT2D eigenvalue weighted by molar-refractivity contribution is -0.141. The predicted octanol–water partition coefficient (Wildman–Crippen LogP) is 7.30. The number of hydrogen-bond donors (Lipinski definition) is 3. The third kappa shape index (κ3) is 10.5. The Bertz CT molecular complexity index is 877. The molecule has 0 radical (unpaired) electrons. The number of carbonyl (C=O) groups is 2. The van der Waals surface area contributed by atoms with Crippen LogP contribution >= 0.6 is 0 Å². The topological polar surface area (TPSA) is 82.2 Å². The molecule has 0 aliphatic rings. The van der Waals surface area contributed by atoms with Crippen LogP contribution in [0.15, 0.2) is 30.5 Å². The van der Waals surface area contributed by atoms with Gasteiger partial charge in [-0.05, 0) is 18.1 Å². The number of amides is 1. The molecule has 6 heteroatoms. The predicted molar refractivity (Wildman–Crippen MR) is 145 cm³/mol. The van der Waals surface area contributed by atoms with Crippen molar-refractivity contribution >= 4 is 30.9 Å². The summed E-state index contributed by atoms with van der Waals surface area (Å²) in [6, 6.07) is 9.54. The number of rotatable bonds is 18. The molecule has 190 valence electrons. The minimum absolute atomic E-state index is 0.158. The molecule has 0 aliphatic carbocycles. The van der Waals surface area contributed by atoms with Crippen LogP contribution in [-0.2, 0) is 16.0 Å². The molecule has 1 aromatic carbocycles. The number of H-pyrrole nitrogens is 1. The average Bonchev–Trinajstić information content (AvgIpc) is 3.21. The molecule has 0 fully saturated rings. The fourth-order valence-electron chi connectivity index (χ4n) is 4.74. The summed E-state index contributed by atoms with van der Waals surface area (Å²) in [5.74, 6) is -1.15. The zero-order chi connectivity index (χ0) is 24.8. The molecule has 0 saturated carbocycles. The summed E-state index contributed by atoms with van der Waals surface area (Å²) in [6.45, 7) is 7.20. The van der Waals surface area contributed by atoms with E-state index in [0.29, 0.717) is 6.42 Å². The van der Waals surface area contributed by atoms with E-state index in [4.69, 9.17) is 0 Å². The normalized spacial score (nSPS) is 12.7. The Morgan fingerprint density at radius 2 is 1.56 bits per heavy atom. The highest BCUT2D eigenvalue weighted by Gasteiger charge is 2.23. The first-order valence-electron chi connectivity index (χ1n) is 13.4. The number of para-hydroxylation sites is 1. The molecule has 0 unspecified atom stereocenters. The molecule has 5 nitrogen and oxygen atoms in total. The first kappa shape index (κ1) is 28.2. The van der Waals surface area contributed by atoms with Crippen molar-refractivity contribution in [3.05, 3.63) is 36.0 Å². The summed E-state index contributed by atoms with van der Waals surface area (Å²) >= 11 is 0. The van der Waals surface area contributed by atoms with Gasteiger partial charge >= 0.3 is 5.97 Å². The maximum atomic E-state index is 12.4. The second-order valence-corrected chi connectivity index (χ2v) is 15.9. The number of unbranched alkanes of at least 4 members (excludes halogenated alkanes) is 8. The summed E-state index contributed by atoms with van der Waals surface area (Å²) in [6.07, 6.45) is 15.3. The van der Waals surface area contributed by atoms with Crippen LogP contribution in [-0.4, -0.2) is 36.1 Å². The highest BCUT2D eigenvalue weighted by atomic mass is 28.3. The van der Waals surface area contributed by atoms with Crippen LogP contribution in [0.25, 0.3) is 10.9 Å². The van der Waals surface area contributed by atoms with E-state index in [9.17, 15) is 14.7 Å². The Morgan fingerprint density at radius 3 is 2.24 bits per heavy atom. The summed E-state index contributed by atoms with van der Waals surface area (Å²) in [4.78, 5) is 27.4. The quantitative estimate of drug-likeness (QED) is 0.153.